The average molecular weight is 643 g/mol. The largest absolute Gasteiger partial charge is 0.481 e. The Bertz CT molecular complexity index is 779. The molecule has 0 radical (unpaired) electrons. The summed E-state index contributed by atoms with van der Waals surface area (Å²) in [6.07, 6.45) is 50.0. The van der Waals surface area contributed by atoms with Crippen molar-refractivity contribution < 1.29 is 19.4 Å². The highest BCUT2D eigenvalue weighted by molar-refractivity contribution is 5.69. The zero-order chi connectivity index (χ0) is 33.6. The molecular weight excluding hydrogens is 568 g/mol. The van der Waals surface area contributed by atoms with Gasteiger partial charge in [0.1, 0.15) is 6.10 Å². The maximum absolute atomic E-state index is 12.6. The monoisotopic (exact) mass is 643 g/mol. The fourth-order valence-electron chi connectivity index (χ4n) is 5.57. The van der Waals surface area contributed by atoms with E-state index in [2.05, 4.69) is 62.5 Å². The van der Waals surface area contributed by atoms with Crippen molar-refractivity contribution in [3.05, 3.63) is 48.6 Å². The van der Waals surface area contributed by atoms with Crippen LogP contribution in [0.3, 0.4) is 0 Å². The molecule has 0 aromatic heterocycles. The van der Waals surface area contributed by atoms with E-state index < -0.39 is 5.97 Å². The van der Waals surface area contributed by atoms with Gasteiger partial charge >= 0.3 is 11.9 Å². The Morgan fingerprint density at radius 1 is 0.500 bits per heavy atom. The van der Waals surface area contributed by atoms with E-state index in [0.29, 0.717) is 6.42 Å². The van der Waals surface area contributed by atoms with Gasteiger partial charge in [-0.2, -0.15) is 0 Å². The normalized spacial score (nSPS) is 12.7. The topological polar surface area (TPSA) is 63.6 Å². The zero-order valence-corrected chi connectivity index (χ0v) is 30.4. The standard InChI is InChI=1S/C42H74O4/c1-3-5-7-9-11-13-14-15-16-17-18-19-20-21-22-23-25-31-35-39-42(45)46-40(36-32-28-24-12-10-8-6-4-2)37-33-29-26-27-30-34-38-41(43)44/h11,13,15-16,18-19,32,36,40H,3-10,12,14,17,20-31,33-35,37-39H2,1-2H3,(H,43,44)/b13-11-,16-15-,19-18-,36-32-. The molecule has 0 rings (SSSR count). The van der Waals surface area contributed by atoms with E-state index in [1.54, 1.807) is 0 Å². The predicted octanol–water partition coefficient (Wildman–Crippen LogP) is 13.6. The molecule has 1 N–H and O–H groups in total. The van der Waals surface area contributed by atoms with Crippen molar-refractivity contribution in [3.63, 3.8) is 0 Å². The second-order valence-corrected chi connectivity index (χ2v) is 13.1. The third-order valence-corrected chi connectivity index (χ3v) is 8.51. The van der Waals surface area contributed by atoms with Gasteiger partial charge in [0.15, 0.2) is 0 Å². The van der Waals surface area contributed by atoms with Gasteiger partial charge in [-0.15, -0.1) is 0 Å². The summed E-state index contributed by atoms with van der Waals surface area (Å²) in [5.74, 6) is -0.753. The highest BCUT2D eigenvalue weighted by Crippen LogP contribution is 2.16. The molecule has 0 saturated heterocycles. The number of hydrogen-bond donors (Lipinski definition) is 1. The molecule has 0 aliphatic rings. The van der Waals surface area contributed by atoms with Crippen molar-refractivity contribution in [2.45, 2.75) is 206 Å². The minimum atomic E-state index is -0.702. The first-order valence-electron chi connectivity index (χ1n) is 19.6. The van der Waals surface area contributed by atoms with Gasteiger partial charge in [0, 0.05) is 12.8 Å². The minimum absolute atomic E-state index is 0.0509. The first kappa shape index (κ1) is 43.9. The molecule has 0 fully saturated rings. The maximum atomic E-state index is 12.6. The molecular formula is C42H74O4. The van der Waals surface area contributed by atoms with Crippen LogP contribution in [-0.2, 0) is 14.3 Å². The van der Waals surface area contributed by atoms with Gasteiger partial charge in [0.05, 0.1) is 0 Å². The Balaban J connectivity index is 4.03. The van der Waals surface area contributed by atoms with Gasteiger partial charge < -0.3 is 9.84 Å². The molecule has 0 aliphatic heterocycles. The van der Waals surface area contributed by atoms with Crippen molar-refractivity contribution in [2.75, 3.05) is 0 Å². The minimum Gasteiger partial charge on any atom is -0.481 e. The lowest BCUT2D eigenvalue weighted by Crippen LogP contribution is -2.16. The highest BCUT2D eigenvalue weighted by Gasteiger charge is 2.11. The van der Waals surface area contributed by atoms with Crippen LogP contribution in [0, 0.1) is 0 Å². The smallest absolute Gasteiger partial charge is 0.306 e. The molecule has 0 aliphatic carbocycles. The third kappa shape index (κ3) is 36.4. The van der Waals surface area contributed by atoms with Crippen molar-refractivity contribution >= 4 is 11.9 Å². The van der Waals surface area contributed by atoms with E-state index in [4.69, 9.17) is 9.84 Å². The fraction of sp³-hybridized carbons (Fsp3) is 0.762. The van der Waals surface area contributed by atoms with Crippen LogP contribution < -0.4 is 0 Å². The first-order valence-corrected chi connectivity index (χ1v) is 19.6. The van der Waals surface area contributed by atoms with Gasteiger partial charge in [0.25, 0.3) is 0 Å². The molecule has 0 spiro atoms. The van der Waals surface area contributed by atoms with E-state index in [1.807, 2.05) is 0 Å². The van der Waals surface area contributed by atoms with Crippen LogP contribution >= 0.6 is 0 Å². The third-order valence-electron chi connectivity index (χ3n) is 8.51. The summed E-state index contributed by atoms with van der Waals surface area (Å²) in [7, 11) is 0. The van der Waals surface area contributed by atoms with E-state index in [9.17, 15) is 9.59 Å². The number of ether oxygens (including phenoxy) is 1. The van der Waals surface area contributed by atoms with Crippen LogP contribution in [0.1, 0.15) is 200 Å². The quantitative estimate of drug-likeness (QED) is 0.0424. The lowest BCUT2D eigenvalue weighted by molar-refractivity contribution is -0.147. The number of esters is 1. The van der Waals surface area contributed by atoms with Crippen molar-refractivity contribution in [1.82, 2.24) is 0 Å². The summed E-state index contributed by atoms with van der Waals surface area (Å²) in [5.41, 5.74) is 0. The van der Waals surface area contributed by atoms with E-state index in [1.165, 1.54) is 89.9 Å². The Morgan fingerprint density at radius 3 is 1.48 bits per heavy atom. The molecule has 266 valence electrons. The number of carboxylic acid groups (broad SMARTS) is 1. The number of carbonyl (C=O) groups is 2. The molecule has 4 heteroatoms. The number of hydrogen-bond acceptors (Lipinski definition) is 3. The number of carboxylic acids is 1. The second kappa shape index (κ2) is 37.4. The zero-order valence-electron chi connectivity index (χ0n) is 30.4. The number of rotatable bonds is 35. The van der Waals surface area contributed by atoms with Gasteiger partial charge in [-0.1, -0.05) is 153 Å². The molecule has 0 aromatic rings. The molecule has 46 heavy (non-hydrogen) atoms. The van der Waals surface area contributed by atoms with Crippen molar-refractivity contribution in [3.8, 4) is 0 Å². The van der Waals surface area contributed by atoms with Crippen LogP contribution in [-0.4, -0.2) is 23.1 Å². The summed E-state index contributed by atoms with van der Waals surface area (Å²) in [5, 5.41) is 8.77. The number of aliphatic carboxylic acids is 1. The molecule has 0 amide bonds. The van der Waals surface area contributed by atoms with E-state index in [-0.39, 0.29) is 18.5 Å². The van der Waals surface area contributed by atoms with Crippen LogP contribution in [0.25, 0.3) is 0 Å². The van der Waals surface area contributed by atoms with Crippen molar-refractivity contribution in [2.24, 2.45) is 0 Å². The molecule has 0 bridgehead atoms. The van der Waals surface area contributed by atoms with Gasteiger partial charge in [-0.3, -0.25) is 9.59 Å². The highest BCUT2D eigenvalue weighted by atomic mass is 16.5. The Labute approximate surface area is 285 Å². The van der Waals surface area contributed by atoms with Crippen LogP contribution in [0.15, 0.2) is 48.6 Å². The summed E-state index contributed by atoms with van der Waals surface area (Å²) < 4.78 is 5.91. The fourth-order valence-corrected chi connectivity index (χ4v) is 5.57. The summed E-state index contributed by atoms with van der Waals surface area (Å²) >= 11 is 0. The van der Waals surface area contributed by atoms with Crippen LogP contribution in [0.5, 0.6) is 0 Å². The lowest BCUT2D eigenvalue weighted by atomic mass is 10.0. The van der Waals surface area contributed by atoms with Gasteiger partial charge in [-0.25, -0.2) is 0 Å². The maximum Gasteiger partial charge on any atom is 0.306 e. The lowest BCUT2D eigenvalue weighted by Gasteiger charge is -2.15. The molecule has 0 heterocycles. The summed E-state index contributed by atoms with van der Waals surface area (Å²) in [6.45, 7) is 4.50. The van der Waals surface area contributed by atoms with E-state index >= 15 is 0 Å². The number of carbonyl (C=O) groups excluding carboxylic acids is 1. The summed E-state index contributed by atoms with van der Waals surface area (Å²) in [4.78, 5) is 23.3. The molecule has 1 atom stereocenters. The summed E-state index contributed by atoms with van der Waals surface area (Å²) in [6, 6.07) is 0. The number of allylic oxidation sites excluding steroid dienone is 7. The molecule has 0 saturated carbocycles. The second-order valence-electron chi connectivity index (χ2n) is 13.1. The van der Waals surface area contributed by atoms with Crippen LogP contribution in [0.4, 0.5) is 0 Å². The Morgan fingerprint density at radius 2 is 0.913 bits per heavy atom. The van der Waals surface area contributed by atoms with Crippen molar-refractivity contribution in [1.29, 1.82) is 0 Å². The Kier molecular flexibility index (Phi) is 35.7. The predicted molar refractivity (Wildman–Crippen MR) is 199 cm³/mol. The number of unbranched alkanes of at least 4 members (excludes halogenated alkanes) is 20. The van der Waals surface area contributed by atoms with Gasteiger partial charge in [0.2, 0.25) is 0 Å². The molecule has 1 unspecified atom stereocenters. The first-order chi connectivity index (χ1) is 22.6. The van der Waals surface area contributed by atoms with E-state index in [0.717, 1.165) is 83.5 Å². The van der Waals surface area contributed by atoms with Gasteiger partial charge in [-0.05, 0) is 83.1 Å². The van der Waals surface area contributed by atoms with Crippen LogP contribution in [0.2, 0.25) is 0 Å². The average Bonchev–Trinajstić information content (AvgIpc) is 3.04. The molecule has 0 aromatic carbocycles. The Hall–Kier alpha value is -2.10. The SMILES string of the molecule is CCCCC/C=C\C/C=C\C/C=C\CCCCCCCCC(=O)OC(/C=C\CCCCCCCC)CCCCCCCCC(=O)O. The molecule has 4 nitrogen and oxygen atoms in total.